The molecule has 0 amide bonds. The molecule has 0 fully saturated rings. The molecule has 0 aliphatic heterocycles. The van der Waals surface area contributed by atoms with Crippen LogP contribution in [0.4, 0.5) is 0 Å². The maximum Gasteiger partial charge on any atom is 0.337 e. The second kappa shape index (κ2) is 12.0. The Labute approximate surface area is 189 Å². The van der Waals surface area contributed by atoms with E-state index < -0.39 is 0 Å². The van der Waals surface area contributed by atoms with Gasteiger partial charge < -0.3 is 9.47 Å². The summed E-state index contributed by atoms with van der Waals surface area (Å²) in [6.07, 6.45) is 11.6. The van der Waals surface area contributed by atoms with Gasteiger partial charge in [-0.05, 0) is 47.5 Å². The summed E-state index contributed by atoms with van der Waals surface area (Å²) in [6.45, 7) is 5.82. The number of carbonyl (C=O) groups excluding carboxylic acids is 2. The van der Waals surface area contributed by atoms with Crippen LogP contribution < -0.4 is 0 Å². The molecule has 0 aliphatic rings. The number of nitrogens with zero attached hydrogens (tertiary/aromatic N) is 1. The Balaban J connectivity index is 2.19. The average Bonchev–Trinajstić information content (AvgIpc) is 2.84. The molecule has 2 rings (SSSR count). The molecule has 0 atom stereocenters. The van der Waals surface area contributed by atoms with Gasteiger partial charge in [0.05, 0.1) is 25.3 Å². The maximum absolute atomic E-state index is 11.6. The van der Waals surface area contributed by atoms with E-state index in [1.54, 1.807) is 30.3 Å². The standard InChI is InChI=1S/C27H28NO4/c1-6-7-25(19-14-22-12-17-24(18-13-22)27(30)32-5)28(3)20(2)8-9-21-10-15-23(16-11-21)26(29)31-4/h6-19H,1H2,2-5H3/q+1/b9-8+,19-14+,25-7-,28-20-. The highest BCUT2D eigenvalue weighted by Gasteiger charge is 2.08. The fraction of sp³-hybridized carbons (Fsp3) is 0.148. The van der Waals surface area contributed by atoms with Crippen LogP contribution >= 0.6 is 0 Å². The zero-order valence-corrected chi connectivity index (χ0v) is 18.9. The van der Waals surface area contributed by atoms with Gasteiger partial charge in [-0.1, -0.05) is 36.9 Å². The molecular weight excluding hydrogens is 402 g/mol. The van der Waals surface area contributed by atoms with Gasteiger partial charge in [0.1, 0.15) is 7.05 Å². The molecule has 5 nitrogen and oxygen atoms in total. The minimum Gasteiger partial charge on any atom is -0.465 e. The molecule has 0 unspecified atom stereocenters. The molecule has 0 aliphatic carbocycles. The lowest BCUT2D eigenvalue weighted by atomic mass is 10.1. The van der Waals surface area contributed by atoms with Crippen molar-refractivity contribution in [3.63, 3.8) is 0 Å². The third-order valence-corrected chi connectivity index (χ3v) is 4.83. The highest BCUT2D eigenvalue weighted by molar-refractivity contribution is 5.93. The summed E-state index contributed by atoms with van der Waals surface area (Å²) in [7, 11) is 4.70. The van der Waals surface area contributed by atoms with Crippen molar-refractivity contribution < 1.29 is 23.6 Å². The van der Waals surface area contributed by atoms with E-state index in [1.165, 1.54) is 14.2 Å². The Morgan fingerprint density at radius 1 is 0.812 bits per heavy atom. The van der Waals surface area contributed by atoms with Crippen LogP contribution in [-0.4, -0.2) is 43.5 Å². The number of methoxy groups -OCH3 is 2. The number of ether oxygens (including phenoxy) is 2. The molecule has 0 spiro atoms. The van der Waals surface area contributed by atoms with E-state index in [4.69, 9.17) is 9.47 Å². The summed E-state index contributed by atoms with van der Waals surface area (Å²) in [5, 5.41) is 0. The van der Waals surface area contributed by atoms with Crippen LogP contribution in [0.5, 0.6) is 0 Å². The molecule has 5 heteroatoms. The van der Waals surface area contributed by atoms with Crippen LogP contribution in [0.3, 0.4) is 0 Å². The minimum atomic E-state index is -0.357. The highest BCUT2D eigenvalue weighted by atomic mass is 16.5. The number of esters is 2. The summed E-state index contributed by atoms with van der Waals surface area (Å²) in [4.78, 5) is 23.1. The number of carbonyl (C=O) groups is 2. The highest BCUT2D eigenvalue weighted by Crippen LogP contribution is 2.11. The van der Waals surface area contributed by atoms with Gasteiger partial charge in [0.25, 0.3) is 0 Å². The summed E-state index contributed by atoms with van der Waals surface area (Å²) in [5.41, 5.74) is 4.92. The van der Waals surface area contributed by atoms with Gasteiger partial charge in [0.15, 0.2) is 5.71 Å². The molecule has 0 saturated heterocycles. The Hall–Kier alpha value is -3.99. The van der Waals surface area contributed by atoms with Crippen molar-refractivity contribution in [2.24, 2.45) is 0 Å². The van der Waals surface area contributed by atoms with E-state index >= 15 is 0 Å². The van der Waals surface area contributed by atoms with E-state index in [0.717, 1.165) is 22.5 Å². The van der Waals surface area contributed by atoms with E-state index in [0.29, 0.717) is 11.1 Å². The van der Waals surface area contributed by atoms with E-state index in [2.05, 4.69) is 6.58 Å². The summed E-state index contributed by atoms with van der Waals surface area (Å²) < 4.78 is 11.5. The topological polar surface area (TPSA) is 55.6 Å². The molecule has 0 heterocycles. The normalized spacial score (nSPS) is 12.6. The first-order valence-corrected chi connectivity index (χ1v) is 10.0. The summed E-state index contributed by atoms with van der Waals surface area (Å²) in [5.74, 6) is -0.710. The first-order chi connectivity index (χ1) is 15.4. The lowest BCUT2D eigenvalue weighted by Crippen LogP contribution is -2.11. The number of hydrogen-bond donors (Lipinski definition) is 0. The van der Waals surface area contributed by atoms with Crippen molar-refractivity contribution in [1.29, 1.82) is 0 Å². The molecule has 0 radical (unpaired) electrons. The molecule has 0 aromatic heterocycles. The predicted octanol–water partition coefficient (Wildman–Crippen LogP) is 5.16. The fourth-order valence-corrected chi connectivity index (χ4v) is 2.81. The Morgan fingerprint density at radius 2 is 1.25 bits per heavy atom. The van der Waals surface area contributed by atoms with Crippen molar-refractivity contribution in [3.05, 3.63) is 107 Å². The molecule has 32 heavy (non-hydrogen) atoms. The van der Waals surface area contributed by atoms with Gasteiger partial charge >= 0.3 is 11.9 Å². The number of hydrogen-bond acceptors (Lipinski definition) is 4. The molecule has 0 saturated carbocycles. The van der Waals surface area contributed by atoms with Gasteiger partial charge in [0.2, 0.25) is 5.70 Å². The summed E-state index contributed by atoms with van der Waals surface area (Å²) in [6, 6.07) is 14.4. The first-order valence-electron chi connectivity index (χ1n) is 10.0. The Morgan fingerprint density at radius 3 is 1.66 bits per heavy atom. The average molecular weight is 431 g/mol. The minimum absolute atomic E-state index is 0.353. The largest absolute Gasteiger partial charge is 0.465 e. The van der Waals surface area contributed by atoms with Crippen LogP contribution in [0.1, 0.15) is 38.8 Å². The quantitative estimate of drug-likeness (QED) is 0.251. The van der Waals surface area contributed by atoms with Gasteiger partial charge in [0, 0.05) is 25.2 Å². The van der Waals surface area contributed by atoms with Crippen molar-refractivity contribution in [3.8, 4) is 0 Å². The molecule has 2 aromatic carbocycles. The zero-order chi connectivity index (χ0) is 23.5. The van der Waals surface area contributed by atoms with E-state index in [9.17, 15) is 9.59 Å². The van der Waals surface area contributed by atoms with Gasteiger partial charge in [-0.2, -0.15) is 4.58 Å². The van der Waals surface area contributed by atoms with Gasteiger partial charge in [-0.25, -0.2) is 9.59 Å². The number of benzene rings is 2. The third-order valence-electron chi connectivity index (χ3n) is 4.83. The van der Waals surface area contributed by atoms with Crippen LogP contribution in [0.2, 0.25) is 0 Å². The predicted molar refractivity (Wildman–Crippen MR) is 129 cm³/mol. The number of likely N-dealkylation sites (N-methyl/N-ethyl adjacent to an activating group) is 1. The van der Waals surface area contributed by atoms with Crippen molar-refractivity contribution in [2.45, 2.75) is 6.92 Å². The van der Waals surface area contributed by atoms with Crippen molar-refractivity contribution in [1.82, 2.24) is 0 Å². The van der Waals surface area contributed by atoms with Crippen molar-refractivity contribution in [2.75, 3.05) is 21.3 Å². The van der Waals surface area contributed by atoms with E-state index in [1.807, 2.05) is 73.2 Å². The Kier molecular flexibility index (Phi) is 9.11. The van der Waals surface area contributed by atoms with Crippen LogP contribution in [0, 0.1) is 0 Å². The number of allylic oxidation sites excluding steroid dienone is 4. The van der Waals surface area contributed by atoms with Gasteiger partial charge in [-0.3, -0.25) is 0 Å². The molecular formula is C27H28NO4+. The lowest BCUT2D eigenvalue weighted by molar-refractivity contribution is -0.437. The van der Waals surface area contributed by atoms with Crippen LogP contribution in [-0.2, 0) is 9.47 Å². The molecule has 0 bridgehead atoms. The monoisotopic (exact) mass is 430 g/mol. The number of rotatable bonds is 8. The molecule has 0 N–H and O–H groups in total. The first kappa shape index (κ1) is 24.3. The maximum atomic E-state index is 11.6. The third kappa shape index (κ3) is 6.77. The molecule has 164 valence electrons. The van der Waals surface area contributed by atoms with Crippen LogP contribution in [0.25, 0.3) is 12.2 Å². The Bertz CT molecular complexity index is 1090. The second-order valence-corrected chi connectivity index (χ2v) is 6.92. The zero-order valence-electron chi connectivity index (χ0n) is 18.9. The smallest absolute Gasteiger partial charge is 0.337 e. The SMILES string of the molecule is C=C/C=C(/C=C/c1ccc(C(=O)OC)cc1)[N+](\C)=C(C)/C=C/c1ccc(C(=O)OC)cc1. The fourth-order valence-electron chi connectivity index (χ4n) is 2.81. The lowest BCUT2D eigenvalue weighted by Gasteiger charge is -2.02. The van der Waals surface area contributed by atoms with Gasteiger partial charge in [-0.15, -0.1) is 0 Å². The second-order valence-electron chi connectivity index (χ2n) is 6.92. The van der Waals surface area contributed by atoms with Crippen molar-refractivity contribution >= 4 is 29.8 Å². The summed E-state index contributed by atoms with van der Waals surface area (Å²) >= 11 is 0. The van der Waals surface area contributed by atoms with E-state index in [-0.39, 0.29) is 11.9 Å². The molecule has 2 aromatic rings. The van der Waals surface area contributed by atoms with Crippen LogP contribution in [0.15, 0.2) is 85.1 Å².